The molecule has 0 heterocycles. The van der Waals surface area contributed by atoms with Gasteiger partial charge in [-0.15, -0.1) is 0 Å². The number of aryl methyl sites for hydroxylation is 2. The average molecular weight is 1080 g/mol. The summed E-state index contributed by atoms with van der Waals surface area (Å²) in [5.74, 6) is -25.4. The minimum Gasteiger partial charge on any atom is -0.0619 e. The third kappa shape index (κ3) is 8.83. The third-order valence-electron chi connectivity index (χ3n) is 9.32. The summed E-state index contributed by atoms with van der Waals surface area (Å²) in [6, 6.07) is 30.8. The molecule has 0 amide bonds. The van der Waals surface area contributed by atoms with E-state index in [1.165, 1.54) is 97.1 Å². The minimum absolute atomic E-state index is 0.0564. The minimum atomic E-state index is -5.87. The first-order valence-corrected chi connectivity index (χ1v) is 25.6. The van der Waals surface area contributed by atoms with Crippen LogP contribution < -0.4 is 4.74 Å². The van der Waals surface area contributed by atoms with Gasteiger partial charge in [-0.05, 0) is 13.8 Å². The molecule has 7 rings (SSSR count). The van der Waals surface area contributed by atoms with Gasteiger partial charge in [0.15, 0.2) is 28.2 Å². The molecule has 0 unspecified atom stereocenters. The zero-order chi connectivity index (χ0) is 47.2. The predicted octanol–water partition coefficient (Wildman–Crippen LogP) is 13.0. The molecule has 0 aromatic heterocycles. The Morgan fingerprint density at radius 2 is 0.754 bits per heavy atom. The van der Waals surface area contributed by atoms with E-state index in [0.717, 1.165) is 0 Å². The maximum atomic E-state index is 15.2. The third-order valence-corrected chi connectivity index (χ3v) is 22.2. The summed E-state index contributed by atoms with van der Waals surface area (Å²) < 4.78 is 217. The van der Waals surface area contributed by atoms with Crippen molar-refractivity contribution in [2.24, 2.45) is 0 Å². The molecule has 7 aromatic carbocycles. The maximum absolute atomic E-state index is 15.2. The Morgan fingerprint density at radius 1 is 0.400 bits per heavy atom. The van der Waals surface area contributed by atoms with Crippen molar-refractivity contribution in [2.75, 3.05) is 0 Å². The van der Waals surface area contributed by atoms with Gasteiger partial charge in [-0.3, -0.25) is 0 Å². The first-order chi connectivity index (χ1) is 30.7. The Morgan fingerprint density at radius 3 is 1.18 bits per heavy atom. The van der Waals surface area contributed by atoms with Crippen LogP contribution in [0.1, 0.15) is 11.1 Å². The van der Waals surface area contributed by atoms with Crippen LogP contribution in [0.3, 0.4) is 0 Å². The van der Waals surface area contributed by atoms with Gasteiger partial charge >= 0.3 is 261 Å². The Kier molecular flexibility index (Phi) is 13.5. The van der Waals surface area contributed by atoms with E-state index in [4.69, 9.17) is 10.9 Å². The zero-order valence-electron chi connectivity index (χ0n) is 32.9. The molecule has 0 aliphatic carbocycles. The van der Waals surface area contributed by atoms with E-state index in [9.17, 15) is 52.0 Å². The van der Waals surface area contributed by atoms with E-state index in [2.05, 4.69) is 0 Å². The molecule has 0 bridgehead atoms. The molecule has 0 saturated carbocycles. The van der Waals surface area contributed by atoms with Crippen molar-refractivity contribution in [3.63, 3.8) is 0 Å². The van der Waals surface area contributed by atoms with Crippen LogP contribution >= 0.6 is 30.5 Å². The molecule has 0 radical (unpaired) electrons. The molecular weight excluding hydrogens is 1050 g/mol. The molecule has 65 heavy (non-hydrogen) atoms. The van der Waals surface area contributed by atoms with Gasteiger partial charge in [0.05, 0.1) is 0 Å². The SMILES string of the molecule is Cc1ccccc1S(OS(=O)(=O)c1c(F)c(F)c(F)c(F)c1F)(c1ccc(Oc2ccc(I(OS(=O)(=O)c3c(F)c(F)c(F)c(F)c3F)c3ccccc3)cc2)cc1)c1ccccc1C. The smallest absolute Gasteiger partial charge is 0.0619 e. The van der Waals surface area contributed by atoms with Gasteiger partial charge in [-0.2, -0.15) is 8.42 Å². The van der Waals surface area contributed by atoms with Crippen molar-refractivity contribution in [3.05, 3.63) is 204 Å². The molecular formula is C44H27F10IO7S3. The fourth-order valence-corrected chi connectivity index (χ4v) is 19.0. The van der Waals surface area contributed by atoms with Crippen molar-refractivity contribution in [2.45, 2.75) is 38.3 Å². The van der Waals surface area contributed by atoms with Gasteiger partial charge in [0.1, 0.15) is 0 Å². The van der Waals surface area contributed by atoms with Gasteiger partial charge in [-0.1, -0.05) is 36.4 Å². The first-order valence-electron chi connectivity index (χ1n) is 18.2. The van der Waals surface area contributed by atoms with Gasteiger partial charge < -0.3 is 0 Å². The summed E-state index contributed by atoms with van der Waals surface area (Å²) >= 11 is -3.81. The molecule has 0 N–H and O–H groups in total. The van der Waals surface area contributed by atoms with Gasteiger partial charge in [0.25, 0.3) is 0 Å². The Hall–Kier alpha value is -5.46. The Balaban J connectivity index is 1.28. The number of rotatable bonds is 13. The van der Waals surface area contributed by atoms with Crippen LogP contribution in [0, 0.1) is 79.2 Å². The molecule has 0 aliphatic rings. The van der Waals surface area contributed by atoms with Gasteiger partial charge in [0, 0.05) is 0 Å². The first kappa shape index (κ1) is 47.5. The quantitative estimate of drug-likeness (QED) is 0.0491. The molecule has 340 valence electrons. The summed E-state index contributed by atoms with van der Waals surface area (Å²) in [7, 11) is -15.2. The molecule has 0 atom stereocenters. The van der Waals surface area contributed by atoms with Crippen LogP contribution in [0.25, 0.3) is 0 Å². The molecule has 21 heteroatoms. The second kappa shape index (κ2) is 18.4. The van der Waals surface area contributed by atoms with E-state index >= 15 is 8.78 Å². The van der Waals surface area contributed by atoms with Crippen LogP contribution in [0.5, 0.6) is 11.5 Å². The van der Waals surface area contributed by atoms with Crippen LogP contribution in [0.2, 0.25) is 0 Å². The molecule has 0 fully saturated rings. The van der Waals surface area contributed by atoms with E-state index in [1.807, 2.05) is 0 Å². The van der Waals surface area contributed by atoms with E-state index in [0.29, 0.717) is 11.1 Å². The van der Waals surface area contributed by atoms with Crippen molar-refractivity contribution in [1.82, 2.24) is 0 Å². The predicted molar refractivity (Wildman–Crippen MR) is 225 cm³/mol. The van der Waals surface area contributed by atoms with Crippen molar-refractivity contribution in [3.8, 4) is 11.5 Å². The Bertz CT molecular complexity index is 3100. The van der Waals surface area contributed by atoms with E-state index in [-0.39, 0.29) is 33.3 Å². The fraction of sp³-hybridized carbons (Fsp3) is 0.0455. The van der Waals surface area contributed by atoms with Crippen LogP contribution in [-0.4, -0.2) is 16.8 Å². The van der Waals surface area contributed by atoms with Crippen molar-refractivity contribution < 1.29 is 71.6 Å². The number of benzene rings is 7. The van der Waals surface area contributed by atoms with Gasteiger partial charge in [0.2, 0.25) is 5.82 Å². The number of hydrogen-bond donors (Lipinski definition) is 0. The fourth-order valence-electron chi connectivity index (χ4n) is 6.31. The Labute approximate surface area is 373 Å². The van der Waals surface area contributed by atoms with Crippen LogP contribution in [0.15, 0.2) is 152 Å². The standard InChI is InChI=1S/C44H27F10IO7S3/c1-24-10-6-8-14-31(24)63(32-15-9-7-11-25(32)2,62-65(58,59)44-41(53)37(49)34(46)38(50)42(44)54)30-22-20-29(21-23-30)60-28-18-16-27(17-19-28)55(26-12-4-3-5-13-26)61-64(56,57)43-39(51)35(47)33(45)36(48)40(43)52/h3-23H,1-2H3. The van der Waals surface area contributed by atoms with Crippen LogP contribution in [-0.2, 0) is 26.4 Å². The van der Waals surface area contributed by atoms with Gasteiger partial charge in [-0.25, -0.2) is 22.0 Å². The molecule has 0 saturated heterocycles. The monoisotopic (exact) mass is 1080 g/mol. The summed E-state index contributed by atoms with van der Waals surface area (Å²) in [4.78, 5) is -3.95. The topological polar surface area (TPSA) is 96.0 Å². The second-order valence-electron chi connectivity index (χ2n) is 13.5. The van der Waals surface area contributed by atoms with Crippen molar-refractivity contribution >= 4 is 50.8 Å². The van der Waals surface area contributed by atoms with E-state index in [1.54, 1.807) is 44.2 Å². The molecule has 0 spiro atoms. The molecule has 0 aliphatic heterocycles. The van der Waals surface area contributed by atoms with E-state index < -0.39 is 119 Å². The second-order valence-corrected chi connectivity index (χ2v) is 24.3. The average Bonchev–Trinajstić information content (AvgIpc) is 3.28. The number of ether oxygens (including phenoxy) is 1. The summed E-state index contributed by atoms with van der Waals surface area (Å²) in [5.41, 5.74) is 0.835. The number of halogens is 11. The summed E-state index contributed by atoms with van der Waals surface area (Å²) in [6.45, 7) is 3.19. The molecule has 7 aromatic rings. The number of hydrogen-bond acceptors (Lipinski definition) is 7. The molecule has 7 nitrogen and oxygen atoms in total. The van der Waals surface area contributed by atoms with Crippen LogP contribution in [0.4, 0.5) is 43.9 Å². The van der Waals surface area contributed by atoms with Crippen molar-refractivity contribution in [1.29, 1.82) is 0 Å². The summed E-state index contributed by atoms with van der Waals surface area (Å²) in [6.07, 6.45) is 0. The normalized spacial score (nSPS) is 12.6. The summed E-state index contributed by atoms with van der Waals surface area (Å²) in [5, 5.41) is 0. The zero-order valence-corrected chi connectivity index (χ0v) is 37.5.